The van der Waals surface area contributed by atoms with Crippen LogP contribution in [0.4, 0.5) is 11.5 Å². The number of rotatable bonds is 2. The Morgan fingerprint density at radius 2 is 1.50 bits per heavy atom. The number of anilines is 2. The lowest BCUT2D eigenvalue weighted by molar-refractivity contribution is 0.478. The standard InChI is InChI=1S/C20H17N3O.2H2O/c1-12-7-16-17(8-13(12)2)21-11-22-20(16)23-18-9-14-5-3-4-6-15(14)10-19(18)24;;/h3-11,24H,1-2H3,(H,21,22,23);2*1H2. The second-order valence-corrected chi connectivity index (χ2v) is 6.02. The predicted molar refractivity (Wildman–Crippen MR) is 105 cm³/mol. The van der Waals surface area contributed by atoms with Crippen molar-refractivity contribution < 1.29 is 16.1 Å². The molecule has 3 aromatic carbocycles. The van der Waals surface area contributed by atoms with Crippen LogP contribution >= 0.6 is 0 Å². The van der Waals surface area contributed by atoms with Crippen molar-refractivity contribution in [2.45, 2.75) is 13.8 Å². The quantitative estimate of drug-likeness (QED) is 0.538. The Kier molecular flexibility index (Phi) is 5.40. The second kappa shape index (κ2) is 7.35. The van der Waals surface area contributed by atoms with Crippen molar-refractivity contribution in [2.75, 3.05) is 5.32 Å². The molecule has 134 valence electrons. The molecule has 0 fully saturated rings. The van der Waals surface area contributed by atoms with Crippen molar-refractivity contribution in [2.24, 2.45) is 0 Å². The van der Waals surface area contributed by atoms with Gasteiger partial charge in [0.15, 0.2) is 0 Å². The lowest BCUT2D eigenvalue weighted by Gasteiger charge is -2.12. The normalized spacial score (nSPS) is 10.2. The first kappa shape index (κ1) is 19.1. The average Bonchev–Trinajstić information content (AvgIpc) is 2.57. The summed E-state index contributed by atoms with van der Waals surface area (Å²) in [5, 5.41) is 16.6. The van der Waals surface area contributed by atoms with Gasteiger partial charge in [0, 0.05) is 5.39 Å². The fourth-order valence-electron chi connectivity index (χ4n) is 2.87. The van der Waals surface area contributed by atoms with Crippen LogP contribution in [0.1, 0.15) is 11.1 Å². The lowest BCUT2D eigenvalue weighted by Crippen LogP contribution is -1.97. The monoisotopic (exact) mass is 351 g/mol. The number of hydrogen-bond donors (Lipinski definition) is 2. The van der Waals surface area contributed by atoms with Gasteiger partial charge in [0.25, 0.3) is 0 Å². The fourth-order valence-corrected chi connectivity index (χ4v) is 2.87. The average molecular weight is 351 g/mol. The van der Waals surface area contributed by atoms with Crippen LogP contribution in [0.2, 0.25) is 0 Å². The van der Waals surface area contributed by atoms with Crippen LogP contribution in [0.3, 0.4) is 0 Å². The smallest absolute Gasteiger partial charge is 0.141 e. The van der Waals surface area contributed by atoms with Crippen LogP contribution in [0.5, 0.6) is 5.75 Å². The first-order valence-corrected chi connectivity index (χ1v) is 7.82. The van der Waals surface area contributed by atoms with E-state index in [2.05, 4.69) is 41.3 Å². The molecular formula is C20H21N3O3. The summed E-state index contributed by atoms with van der Waals surface area (Å²) in [6, 6.07) is 15.8. The molecule has 6 N–H and O–H groups in total. The van der Waals surface area contributed by atoms with Crippen molar-refractivity contribution >= 4 is 33.2 Å². The predicted octanol–water partition coefficient (Wildman–Crippen LogP) is 3.20. The maximum atomic E-state index is 10.3. The molecule has 0 amide bonds. The zero-order valence-electron chi connectivity index (χ0n) is 14.5. The van der Waals surface area contributed by atoms with E-state index in [0.717, 1.165) is 21.7 Å². The number of hydrogen-bond acceptors (Lipinski definition) is 4. The molecule has 26 heavy (non-hydrogen) atoms. The Balaban J connectivity index is 0.00000121. The van der Waals surface area contributed by atoms with E-state index in [0.29, 0.717) is 11.5 Å². The van der Waals surface area contributed by atoms with Crippen LogP contribution in [-0.2, 0) is 0 Å². The Bertz CT molecular complexity index is 1080. The second-order valence-electron chi connectivity index (χ2n) is 6.02. The van der Waals surface area contributed by atoms with Gasteiger partial charge in [-0.1, -0.05) is 24.3 Å². The highest BCUT2D eigenvalue weighted by Crippen LogP contribution is 2.33. The van der Waals surface area contributed by atoms with Gasteiger partial charge < -0.3 is 21.4 Å². The molecule has 0 unspecified atom stereocenters. The third-order valence-corrected chi connectivity index (χ3v) is 4.37. The third-order valence-electron chi connectivity index (χ3n) is 4.37. The van der Waals surface area contributed by atoms with Gasteiger partial charge in [-0.25, -0.2) is 9.97 Å². The highest BCUT2D eigenvalue weighted by Gasteiger charge is 2.09. The molecule has 0 saturated heterocycles. The lowest BCUT2D eigenvalue weighted by atomic mass is 10.1. The molecule has 4 aromatic rings. The number of benzene rings is 3. The van der Waals surface area contributed by atoms with E-state index in [9.17, 15) is 5.11 Å². The van der Waals surface area contributed by atoms with Crippen molar-refractivity contribution in [3.8, 4) is 5.75 Å². The summed E-state index contributed by atoms with van der Waals surface area (Å²) in [5.41, 5.74) is 3.89. The van der Waals surface area contributed by atoms with Gasteiger partial charge in [-0.05, 0) is 60.0 Å². The van der Waals surface area contributed by atoms with Crippen LogP contribution in [0.15, 0.2) is 54.9 Å². The molecule has 6 heteroatoms. The summed E-state index contributed by atoms with van der Waals surface area (Å²) < 4.78 is 0. The van der Waals surface area contributed by atoms with Gasteiger partial charge >= 0.3 is 0 Å². The van der Waals surface area contributed by atoms with E-state index in [4.69, 9.17) is 0 Å². The summed E-state index contributed by atoms with van der Waals surface area (Å²) in [7, 11) is 0. The Labute approximate surface area is 150 Å². The van der Waals surface area contributed by atoms with E-state index in [1.54, 1.807) is 6.07 Å². The minimum Gasteiger partial charge on any atom is -0.506 e. The van der Waals surface area contributed by atoms with Crippen LogP contribution in [0.25, 0.3) is 21.7 Å². The molecule has 0 aliphatic heterocycles. The van der Waals surface area contributed by atoms with E-state index >= 15 is 0 Å². The molecule has 0 spiro atoms. The highest BCUT2D eigenvalue weighted by atomic mass is 16.3. The maximum Gasteiger partial charge on any atom is 0.141 e. The van der Waals surface area contributed by atoms with Gasteiger partial charge in [0.1, 0.15) is 17.9 Å². The molecule has 0 aliphatic carbocycles. The molecule has 1 heterocycles. The Morgan fingerprint density at radius 3 is 2.23 bits per heavy atom. The largest absolute Gasteiger partial charge is 0.506 e. The van der Waals surface area contributed by atoms with Crippen LogP contribution in [0, 0.1) is 13.8 Å². The number of phenolic OH excluding ortho intramolecular Hbond substituents is 1. The van der Waals surface area contributed by atoms with Crippen LogP contribution in [-0.4, -0.2) is 26.0 Å². The summed E-state index contributed by atoms with van der Waals surface area (Å²) >= 11 is 0. The number of nitrogens with zero attached hydrogens (tertiary/aromatic N) is 2. The van der Waals surface area contributed by atoms with E-state index in [-0.39, 0.29) is 16.7 Å². The molecule has 4 rings (SSSR count). The SMILES string of the molecule is Cc1cc2ncnc(Nc3cc4ccccc4cc3O)c2cc1C.O.O. The fraction of sp³-hybridized carbons (Fsp3) is 0.100. The van der Waals surface area contributed by atoms with Crippen molar-refractivity contribution in [3.05, 3.63) is 66.0 Å². The van der Waals surface area contributed by atoms with Crippen molar-refractivity contribution in [1.29, 1.82) is 0 Å². The van der Waals surface area contributed by atoms with Gasteiger partial charge in [-0.3, -0.25) is 0 Å². The van der Waals surface area contributed by atoms with E-state index in [1.807, 2.05) is 30.3 Å². The number of aryl methyl sites for hydroxylation is 2. The minimum absolute atomic E-state index is 0. The number of phenols is 1. The topological polar surface area (TPSA) is 121 Å². The molecule has 1 aromatic heterocycles. The Hall–Kier alpha value is -3.22. The van der Waals surface area contributed by atoms with E-state index in [1.165, 1.54) is 17.5 Å². The van der Waals surface area contributed by atoms with Gasteiger partial charge in [-0.2, -0.15) is 0 Å². The molecule has 0 bridgehead atoms. The maximum absolute atomic E-state index is 10.3. The summed E-state index contributed by atoms with van der Waals surface area (Å²) in [5.74, 6) is 0.887. The van der Waals surface area contributed by atoms with E-state index < -0.39 is 0 Å². The highest BCUT2D eigenvalue weighted by molar-refractivity contribution is 5.94. The molecular weight excluding hydrogens is 330 g/mol. The summed E-state index contributed by atoms with van der Waals surface area (Å²) in [4.78, 5) is 8.70. The minimum atomic E-state index is 0. The molecule has 0 atom stereocenters. The number of nitrogens with one attached hydrogen (secondary N) is 1. The molecule has 6 nitrogen and oxygen atoms in total. The molecule has 0 aliphatic rings. The van der Waals surface area contributed by atoms with Gasteiger partial charge in [-0.15, -0.1) is 0 Å². The van der Waals surface area contributed by atoms with Gasteiger partial charge in [0.2, 0.25) is 0 Å². The Morgan fingerprint density at radius 1 is 0.846 bits per heavy atom. The van der Waals surface area contributed by atoms with Crippen LogP contribution < -0.4 is 5.32 Å². The van der Waals surface area contributed by atoms with Gasteiger partial charge in [0.05, 0.1) is 11.2 Å². The zero-order chi connectivity index (χ0) is 16.7. The summed E-state index contributed by atoms with van der Waals surface area (Å²) in [6.45, 7) is 4.14. The first-order valence-electron chi connectivity index (χ1n) is 7.82. The number of fused-ring (bicyclic) bond motifs is 2. The third kappa shape index (κ3) is 3.28. The summed E-state index contributed by atoms with van der Waals surface area (Å²) in [6.07, 6.45) is 1.54. The number of aromatic nitrogens is 2. The molecule has 0 saturated carbocycles. The molecule has 0 radical (unpaired) electrons. The van der Waals surface area contributed by atoms with Crippen molar-refractivity contribution in [1.82, 2.24) is 9.97 Å². The zero-order valence-corrected chi connectivity index (χ0v) is 14.5. The number of aromatic hydroxyl groups is 1. The first-order chi connectivity index (χ1) is 11.6. The van der Waals surface area contributed by atoms with Crippen molar-refractivity contribution in [3.63, 3.8) is 0 Å².